The van der Waals surface area contributed by atoms with Gasteiger partial charge in [-0.1, -0.05) is 55.8 Å². The van der Waals surface area contributed by atoms with Crippen molar-refractivity contribution in [1.29, 1.82) is 0 Å². The summed E-state index contributed by atoms with van der Waals surface area (Å²) in [5.41, 5.74) is 6.32. The van der Waals surface area contributed by atoms with E-state index in [4.69, 9.17) is 0 Å². The maximum atomic E-state index is 13.2. The summed E-state index contributed by atoms with van der Waals surface area (Å²) < 4.78 is 0. The highest BCUT2D eigenvalue weighted by Gasteiger charge is 2.38. The average molecular weight is 358 g/mol. The first kappa shape index (κ1) is 16.6. The Labute approximate surface area is 160 Å². The van der Waals surface area contributed by atoms with Crippen molar-refractivity contribution in [2.75, 3.05) is 6.54 Å². The summed E-state index contributed by atoms with van der Waals surface area (Å²) in [4.78, 5) is 19.0. The Morgan fingerprint density at radius 1 is 1.11 bits per heavy atom. The number of H-pyrrole nitrogens is 1. The number of aryl methyl sites for hydroxylation is 1. The number of carbonyl (C=O) groups is 1. The van der Waals surface area contributed by atoms with Crippen LogP contribution in [0, 0.1) is 5.92 Å². The molecule has 2 heterocycles. The third-order valence-electron chi connectivity index (χ3n) is 6.48. The Kier molecular flexibility index (Phi) is 4.04. The molecule has 3 heteroatoms. The van der Waals surface area contributed by atoms with Gasteiger partial charge in [0.1, 0.15) is 0 Å². The monoisotopic (exact) mass is 358 g/mol. The van der Waals surface area contributed by atoms with E-state index in [1.54, 1.807) is 0 Å². The SMILES string of the molecule is CCc1ccc([C@@H]2c3[nH]c4ccccc4c3CCN2C(=O)C2CCC2)cc1. The van der Waals surface area contributed by atoms with E-state index in [-0.39, 0.29) is 12.0 Å². The maximum Gasteiger partial charge on any atom is 0.226 e. The molecule has 0 unspecified atom stereocenters. The number of para-hydroxylation sites is 1. The Morgan fingerprint density at radius 3 is 2.59 bits per heavy atom. The fourth-order valence-electron chi connectivity index (χ4n) is 4.65. The van der Waals surface area contributed by atoms with Crippen LogP contribution in [0.1, 0.15) is 54.6 Å². The first-order chi connectivity index (χ1) is 13.3. The molecular formula is C24H26N2O. The van der Waals surface area contributed by atoms with Gasteiger partial charge in [-0.25, -0.2) is 0 Å². The molecule has 27 heavy (non-hydrogen) atoms. The lowest BCUT2D eigenvalue weighted by Gasteiger charge is -2.40. The standard InChI is InChI=1S/C24H26N2O/c1-2-16-10-12-17(13-11-16)23-22-20(19-8-3-4-9-21(19)25-22)14-15-26(23)24(27)18-6-5-7-18/h3-4,8-13,18,23,25H,2,5-7,14-15H2,1H3/t23-/m1/s1. The van der Waals surface area contributed by atoms with Crippen LogP contribution in [0.5, 0.6) is 0 Å². The summed E-state index contributed by atoms with van der Waals surface area (Å²) in [6.45, 7) is 2.99. The van der Waals surface area contributed by atoms with Crippen molar-refractivity contribution in [1.82, 2.24) is 9.88 Å². The summed E-state index contributed by atoms with van der Waals surface area (Å²) in [5.74, 6) is 0.573. The summed E-state index contributed by atoms with van der Waals surface area (Å²) >= 11 is 0. The molecule has 1 aromatic heterocycles. The van der Waals surface area contributed by atoms with Crippen molar-refractivity contribution in [3.05, 3.63) is 70.9 Å². The van der Waals surface area contributed by atoms with Gasteiger partial charge in [0.25, 0.3) is 0 Å². The lowest BCUT2D eigenvalue weighted by atomic mass is 9.82. The number of benzene rings is 2. The topological polar surface area (TPSA) is 36.1 Å². The van der Waals surface area contributed by atoms with Crippen LogP contribution in [-0.4, -0.2) is 22.3 Å². The van der Waals surface area contributed by atoms with Crippen LogP contribution in [0.4, 0.5) is 0 Å². The minimum atomic E-state index is 0.000145. The second-order valence-electron chi connectivity index (χ2n) is 7.97. The number of nitrogens with zero attached hydrogens (tertiary/aromatic N) is 1. The van der Waals surface area contributed by atoms with Gasteiger partial charge in [-0.2, -0.15) is 0 Å². The van der Waals surface area contributed by atoms with Crippen LogP contribution in [-0.2, 0) is 17.6 Å². The maximum absolute atomic E-state index is 13.2. The van der Waals surface area contributed by atoms with Crippen molar-refractivity contribution in [2.45, 2.75) is 45.1 Å². The number of nitrogens with one attached hydrogen (secondary N) is 1. The lowest BCUT2D eigenvalue weighted by Crippen LogP contribution is -2.45. The van der Waals surface area contributed by atoms with E-state index in [9.17, 15) is 4.79 Å². The number of fused-ring (bicyclic) bond motifs is 3. The molecule has 2 aliphatic rings. The normalized spacial score (nSPS) is 19.7. The average Bonchev–Trinajstić information content (AvgIpc) is 3.04. The number of hydrogen-bond donors (Lipinski definition) is 1. The number of aromatic nitrogens is 1. The van der Waals surface area contributed by atoms with E-state index in [0.717, 1.165) is 32.2 Å². The molecule has 1 saturated carbocycles. The molecule has 1 N–H and O–H groups in total. The Balaban J connectivity index is 1.63. The number of rotatable bonds is 3. The van der Waals surface area contributed by atoms with Crippen molar-refractivity contribution in [3.63, 3.8) is 0 Å². The Morgan fingerprint density at radius 2 is 1.89 bits per heavy atom. The van der Waals surface area contributed by atoms with E-state index in [2.05, 4.69) is 65.3 Å². The van der Waals surface area contributed by atoms with E-state index in [0.29, 0.717) is 5.91 Å². The quantitative estimate of drug-likeness (QED) is 0.702. The van der Waals surface area contributed by atoms with Crippen molar-refractivity contribution >= 4 is 16.8 Å². The van der Waals surface area contributed by atoms with Crippen LogP contribution in [0.15, 0.2) is 48.5 Å². The number of hydrogen-bond acceptors (Lipinski definition) is 1. The predicted octanol–water partition coefficient (Wildman–Crippen LogP) is 5.00. The molecule has 0 spiro atoms. The molecule has 2 aromatic carbocycles. The fraction of sp³-hybridized carbons (Fsp3) is 0.375. The third kappa shape index (κ3) is 2.68. The summed E-state index contributed by atoms with van der Waals surface area (Å²) in [7, 11) is 0. The Hall–Kier alpha value is -2.55. The van der Waals surface area contributed by atoms with Crippen molar-refractivity contribution < 1.29 is 4.79 Å². The first-order valence-corrected chi connectivity index (χ1v) is 10.2. The largest absolute Gasteiger partial charge is 0.356 e. The molecule has 1 fully saturated rings. The van der Waals surface area contributed by atoms with E-state index in [1.165, 1.54) is 39.7 Å². The second-order valence-corrected chi connectivity index (χ2v) is 7.97. The van der Waals surface area contributed by atoms with Gasteiger partial charge in [0.2, 0.25) is 5.91 Å². The molecular weight excluding hydrogens is 332 g/mol. The van der Waals surface area contributed by atoms with Gasteiger partial charge in [0, 0.05) is 29.1 Å². The van der Waals surface area contributed by atoms with E-state index >= 15 is 0 Å². The third-order valence-corrected chi connectivity index (χ3v) is 6.48. The molecule has 0 bridgehead atoms. The molecule has 3 aromatic rings. The zero-order chi connectivity index (χ0) is 18.4. The van der Waals surface area contributed by atoms with Crippen LogP contribution in [0.25, 0.3) is 10.9 Å². The van der Waals surface area contributed by atoms with Gasteiger partial charge in [0.05, 0.1) is 6.04 Å². The predicted molar refractivity (Wildman–Crippen MR) is 109 cm³/mol. The van der Waals surface area contributed by atoms with Gasteiger partial charge >= 0.3 is 0 Å². The molecule has 0 saturated heterocycles. The first-order valence-electron chi connectivity index (χ1n) is 10.2. The molecule has 1 amide bonds. The smallest absolute Gasteiger partial charge is 0.226 e. The second kappa shape index (κ2) is 6.56. The highest BCUT2D eigenvalue weighted by molar-refractivity contribution is 5.87. The summed E-state index contributed by atoms with van der Waals surface area (Å²) in [6.07, 6.45) is 5.26. The molecule has 138 valence electrons. The minimum absolute atomic E-state index is 0.000145. The number of amides is 1. The van der Waals surface area contributed by atoms with Gasteiger partial charge in [-0.15, -0.1) is 0 Å². The van der Waals surface area contributed by atoms with Crippen LogP contribution in [0.3, 0.4) is 0 Å². The van der Waals surface area contributed by atoms with Crippen molar-refractivity contribution in [3.8, 4) is 0 Å². The zero-order valence-corrected chi connectivity index (χ0v) is 15.9. The summed E-state index contributed by atoms with van der Waals surface area (Å²) in [6, 6.07) is 17.4. The van der Waals surface area contributed by atoms with E-state index < -0.39 is 0 Å². The molecule has 0 radical (unpaired) electrons. The van der Waals surface area contributed by atoms with E-state index in [1.807, 2.05) is 0 Å². The molecule has 3 nitrogen and oxygen atoms in total. The van der Waals surface area contributed by atoms with Gasteiger partial charge < -0.3 is 9.88 Å². The van der Waals surface area contributed by atoms with Crippen LogP contribution < -0.4 is 0 Å². The van der Waals surface area contributed by atoms with Gasteiger partial charge in [-0.05, 0) is 48.4 Å². The van der Waals surface area contributed by atoms with Gasteiger partial charge in [-0.3, -0.25) is 4.79 Å². The minimum Gasteiger partial charge on any atom is -0.356 e. The van der Waals surface area contributed by atoms with Crippen LogP contribution in [0.2, 0.25) is 0 Å². The Bertz CT molecular complexity index is 981. The number of aromatic amines is 1. The molecule has 1 atom stereocenters. The number of carbonyl (C=O) groups excluding carboxylic acids is 1. The molecule has 5 rings (SSSR count). The lowest BCUT2D eigenvalue weighted by molar-refractivity contribution is -0.140. The zero-order valence-electron chi connectivity index (χ0n) is 15.9. The highest BCUT2D eigenvalue weighted by Crippen LogP contribution is 2.41. The van der Waals surface area contributed by atoms with Crippen LogP contribution >= 0.6 is 0 Å². The summed E-state index contributed by atoms with van der Waals surface area (Å²) in [5, 5.41) is 1.30. The van der Waals surface area contributed by atoms with Gasteiger partial charge in [0.15, 0.2) is 0 Å². The van der Waals surface area contributed by atoms with Crippen molar-refractivity contribution in [2.24, 2.45) is 5.92 Å². The molecule has 1 aliphatic carbocycles. The fourth-order valence-corrected chi connectivity index (χ4v) is 4.65. The molecule has 1 aliphatic heterocycles. The highest BCUT2D eigenvalue weighted by atomic mass is 16.2.